The summed E-state index contributed by atoms with van der Waals surface area (Å²) in [6.07, 6.45) is 1.48. The second-order valence-electron chi connectivity index (χ2n) is 5.12. The lowest BCUT2D eigenvalue weighted by atomic mass is 9.98. The van der Waals surface area contributed by atoms with Crippen LogP contribution in [0.25, 0.3) is 0 Å². The monoisotopic (exact) mass is 331 g/mol. The van der Waals surface area contributed by atoms with E-state index in [4.69, 9.17) is 15.4 Å². The van der Waals surface area contributed by atoms with Crippen molar-refractivity contribution in [3.63, 3.8) is 0 Å². The van der Waals surface area contributed by atoms with E-state index in [1.807, 2.05) is 6.92 Å². The number of hydrogen-bond donors (Lipinski definition) is 1. The van der Waals surface area contributed by atoms with Crippen LogP contribution in [0, 0.1) is 5.92 Å². The summed E-state index contributed by atoms with van der Waals surface area (Å²) in [5.74, 6) is 0.00327. The molecule has 1 aliphatic heterocycles. The molecule has 21 heavy (non-hydrogen) atoms. The topological polar surface area (TPSA) is 72.5 Å². The normalized spacial score (nSPS) is 18.2. The number of nitrogens with one attached hydrogen (secondary N) is 1. The molecule has 0 bridgehead atoms. The van der Waals surface area contributed by atoms with E-state index in [1.165, 1.54) is 12.1 Å². The van der Waals surface area contributed by atoms with Crippen molar-refractivity contribution in [2.45, 2.75) is 30.7 Å². The van der Waals surface area contributed by atoms with Crippen LogP contribution in [0.15, 0.2) is 29.2 Å². The largest absolute Gasteiger partial charge is 0.381 e. The van der Waals surface area contributed by atoms with E-state index in [0.29, 0.717) is 13.2 Å². The third kappa shape index (κ3) is 4.43. The van der Waals surface area contributed by atoms with Crippen molar-refractivity contribution in [3.05, 3.63) is 29.8 Å². The smallest absolute Gasteiger partial charge is 0.261 e. The molecule has 0 aromatic heterocycles. The molecule has 1 saturated heterocycles. The highest BCUT2D eigenvalue weighted by atomic mass is 35.7. The molecule has 0 saturated carbocycles. The average Bonchev–Trinajstić information content (AvgIpc) is 2.47. The average molecular weight is 332 g/mol. The molecule has 5 nitrogen and oxygen atoms in total. The third-order valence-corrected chi connectivity index (χ3v) is 4.98. The Morgan fingerprint density at radius 2 is 1.86 bits per heavy atom. The molecule has 0 spiro atoms. The van der Waals surface area contributed by atoms with Gasteiger partial charge in [-0.2, -0.15) is 0 Å². The fourth-order valence-electron chi connectivity index (χ4n) is 2.29. The van der Waals surface area contributed by atoms with Crippen molar-refractivity contribution < 1.29 is 17.9 Å². The lowest BCUT2D eigenvalue weighted by Gasteiger charge is -2.23. The quantitative estimate of drug-likeness (QED) is 0.859. The minimum atomic E-state index is -3.71. The van der Waals surface area contributed by atoms with Gasteiger partial charge in [0.25, 0.3) is 9.05 Å². The molecule has 0 aliphatic carbocycles. The Hall–Kier alpha value is -1.11. The summed E-state index contributed by atoms with van der Waals surface area (Å²) in [6.45, 7) is 3.10. The predicted molar refractivity (Wildman–Crippen MR) is 79.6 cm³/mol. The Morgan fingerprint density at radius 1 is 1.29 bits per heavy atom. The van der Waals surface area contributed by atoms with Crippen LogP contribution < -0.4 is 5.32 Å². The van der Waals surface area contributed by atoms with Gasteiger partial charge in [-0.3, -0.25) is 4.79 Å². The van der Waals surface area contributed by atoms with Crippen LogP contribution >= 0.6 is 10.7 Å². The standard InChI is InChI=1S/C14H18ClNO4S/c1-10(16-14(17)12-6-8-20-9-7-12)11-2-4-13(5-3-11)21(15,18)19/h2-5,10,12H,6-9H2,1H3,(H,16,17). The van der Waals surface area contributed by atoms with Gasteiger partial charge in [-0.05, 0) is 37.5 Å². The minimum Gasteiger partial charge on any atom is -0.381 e. The number of carbonyl (C=O) groups is 1. The first-order chi connectivity index (χ1) is 9.88. The highest BCUT2D eigenvalue weighted by molar-refractivity contribution is 8.13. The first-order valence-electron chi connectivity index (χ1n) is 6.80. The zero-order valence-electron chi connectivity index (χ0n) is 11.7. The van der Waals surface area contributed by atoms with Crippen LogP contribution in [-0.2, 0) is 18.6 Å². The molecular formula is C14H18ClNO4S. The van der Waals surface area contributed by atoms with Crippen LogP contribution in [0.3, 0.4) is 0 Å². The van der Waals surface area contributed by atoms with Crippen molar-refractivity contribution in [3.8, 4) is 0 Å². The number of benzene rings is 1. The van der Waals surface area contributed by atoms with E-state index < -0.39 is 9.05 Å². The summed E-state index contributed by atoms with van der Waals surface area (Å²) in [5.41, 5.74) is 0.833. The maximum Gasteiger partial charge on any atom is 0.261 e. The maximum atomic E-state index is 12.1. The number of amides is 1. The fourth-order valence-corrected chi connectivity index (χ4v) is 3.06. The predicted octanol–water partition coefficient (Wildman–Crippen LogP) is 2.22. The molecule has 1 atom stereocenters. The van der Waals surface area contributed by atoms with Crippen molar-refractivity contribution >= 4 is 25.6 Å². The summed E-state index contributed by atoms with van der Waals surface area (Å²) in [4.78, 5) is 12.2. The Bertz CT molecular complexity index is 594. The minimum absolute atomic E-state index is 0.0105. The van der Waals surface area contributed by atoms with Crippen molar-refractivity contribution in [2.75, 3.05) is 13.2 Å². The molecule has 1 heterocycles. The molecule has 1 aliphatic rings. The lowest BCUT2D eigenvalue weighted by Crippen LogP contribution is -2.35. The van der Waals surface area contributed by atoms with Gasteiger partial charge in [0.1, 0.15) is 0 Å². The Morgan fingerprint density at radius 3 is 2.38 bits per heavy atom. The molecule has 1 N–H and O–H groups in total. The SMILES string of the molecule is CC(NC(=O)C1CCOCC1)c1ccc(S(=O)(=O)Cl)cc1. The van der Waals surface area contributed by atoms with Crippen LogP contribution in [0.4, 0.5) is 0 Å². The molecule has 1 aromatic carbocycles. The molecular weight excluding hydrogens is 314 g/mol. The number of carbonyl (C=O) groups excluding carboxylic acids is 1. The third-order valence-electron chi connectivity index (χ3n) is 3.61. The van der Waals surface area contributed by atoms with Gasteiger partial charge in [0, 0.05) is 29.8 Å². The summed E-state index contributed by atoms with van der Waals surface area (Å²) >= 11 is 0. The van der Waals surface area contributed by atoms with Crippen molar-refractivity contribution in [1.82, 2.24) is 5.32 Å². The van der Waals surface area contributed by atoms with Gasteiger partial charge >= 0.3 is 0 Å². The fraction of sp³-hybridized carbons (Fsp3) is 0.500. The first kappa shape index (κ1) is 16.3. The molecule has 7 heteroatoms. The summed E-state index contributed by atoms with van der Waals surface area (Å²) in [6, 6.07) is 6.00. The van der Waals surface area contributed by atoms with Gasteiger partial charge in [0.15, 0.2) is 0 Å². The zero-order chi connectivity index (χ0) is 15.5. The van der Waals surface area contributed by atoms with Crippen molar-refractivity contribution in [1.29, 1.82) is 0 Å². The van der Waals surface area contributed by atoms with E-state index in [0.717, 1.165) is 18.4 Å². The van der Waals surface area contributed by atoms with Gasteiger partial charge in [-0.1, -0.05) is 12.1 Å². The highest BCUT2D eigenvalue weighted by Gasteiger charge is 2.23. The van der Waals surface area contributed by atoms with Gasteiger partial charge in [0.2, 0.25) is 5.91 Å². The molecule has 2 rings (SSSR count). The molecule has 1 fully saturated rings. The summed E-state index contributed by atoms with van der Waals surface area (Å²) < 4.78 is 27.6. The van der Waals surface area contributed by atoms with Gasteiger partial charge in [-0.25, -0.2) is 8.42 Å². The Balaban J connectivity index is 1.99. The number of ether oxygens (including phenoxy) is 1. The van der Waals surface area contributed by atoms with E-state index in [-0.39, 0.29) is 22.8 Å². The van der Waals surface area contributed by atoms with Crippen LogP contribution in [0.2, 0.25) is 0 Å². The van der Waals surface area contributed by atoms with E-state index in [9.17, 15) is 13.2 Å². The number of hydrogen-bond acceptors (Lipinski definition) is 4. The molecule has 1 unspecified atom stereocenters. The van der Waals surface area contributed by atoms with E-state index >= 15 is 0 Å². The van der Waals surface area contributed by atoms with E-state index in [1.54, 1.807) is 12.1 Å². The lowest BCUT2D eigenvalue weighted by molar-refractivity contribution is -0.128. The van der Waals surface area contributed by atoms with Gasteiger partial charge < -0.3 is 10.1 Å². The van der Waals surface area contributed by atoms with Gasteiger partial charge in [0.05, 0.1) is 10.9 Å². The summed E-state index contributed by atoms with van der Waals surface area (Å²) in [7, 11) is 1.55. The second kappa shape index (κ2) is 6.77. The zero-order valence-corrected chi connectivity index (χ0v) is 13.3. The Kier molecular flexibility index (Phi) is 5.24. The van der Waals surface area contributed by atoms with Crippen LogP contribution in [0.1, 0.15) is 31.4 Å². The molecule has 1 aromatic rings. The van der Waals surface area contributed by atoms with E-state index in [2.05, 4.69) is 5.32 Å². The van der Waals surface area contributed by atoms with Crippen LogP contribution in [0.5, 0.6) is 0 Å². The first-order valence-corrected chi connectivity index (χ1v) is 9.11. The molecule has 0 radical (unpaired) electrons. The number of halogens is 1. The molecule has 116 valence electrons. The molecule has 1 amide bonds. The highest BCUT2D eigenvalue weighted by Crippen LogP contribution is 2.20. The van der Waals surface area contributed by atoms with Crippen LogP contribution in [-0.4, -0.2) is 27.5 Å². The maximum absolute atomic E-state index is 12.1. The Labute approximate surface area is 129 Å². The summed E-state index contributed by atoms with van der Waals surface area (Å²) in [5, 5.41) is 2.95. The van der Waals surface area contributed by atoms with Crippen molar-refractivity contribution in [2.24, 2.45) is 5.92 Å². The van der Waals surface area contributed by atoms with Gasteiger partial charge in [-0.15, -0.1) is 0 Å². The second-order valence-corrected chi connectivity index (χ2v) is 7.69. The number of rotatable bonds is 4.